The van der Waals surface area contributed by atoms with E-state index in [0.717, 1.165) is 21.6 Å². The van der Waals surface area contributed by atoms with Crippen molar-refractivity contribution in [3.63, 3.8) is 0 Å². The van der Waals surface area contributed by atoms with E-state index < -0.39 is 35.3 Å². The number of hydrogen-bond acceptors (Lipinski definition) is 7. The molecule has 0 bridgehead atoms. The lowest BCUT2D eigenvalue weighted by Gasteiger charge is -2.27. The van der Waals surface area contributed by atoms with E-state index in [1.165, 1.54) is 6.07 Å². The third-order valence-electron chi connectivity index (χ3n) is 6.63. The van der Waals surface area contributed by atoms with Crippen LogP contribution in [-0.2, 0) is 20.9 Å². The summed E-state index contributed by atoms with van der Waals surface area (Å²) in [6.45, 7) is 5.61. The molecule has 40 heavy (non-hydrogen) atoms. The number of hydrogen-bond donors (Lipinski definition) is 1. The molecule has 9 heteroatoms. The van der Waals surface area contributed by atoms with Gasteiger partial charge in [0.05, 0.1) is 16.7 Å². The topological polar surface area (TPSA) is 119 Å². The normalized spacial score (nSPS) is 17.0. The second-order valence-corrected chi connectivity index (χ2v) is 10.7. The van der Waals surface area contributed by atoms with Crippen molar-refractivity contribution in [1.29, 1.82) is 0 Å². The van der Waals surface area contributed by atoms with Gasteiger partial charge in [-0.15, -0.1) is 0 Å². The van der Waals surface area contributed by atoms with Crippen LogP contribution in [0.5, 0.6) is 5.75 Å². The summed E-state index contributed by atoms with van der Waals surface area (Å²) in [6, 6.07) is 18.5. The molecule has 0 saturated carbocycles. The van der Waals surface area contributed by atoms with Crippen LogP contribution >= 0.6 is 0 Å². The fraction of sp³-hybridized carbons (Fsp3) is 0.258. The molecular weight excluding hydrogens is 512 g/mol. The number of nitrogens with one attached hydrogen (secondary N) is 1. The lowest BCUT2D eigenvalue weighted by molar-refractivity contribution is -0.136. The smallest absolute Gasteiger partial charge is 0.338 e. The highest BCUT2D eigenvalue weighted by Crippen LogP contribution is 2.34. The van der Waals surface area contributed by atoms with Crippen LogP contribution in [0.4, 0.5) is 0 Å². The molecule has 204 valence electrons. The maximum atomic E-state index is 13.2. The van der Waals surface area contributed by atoms with E-state index in [2.05, 4.69) is 5.32 Å². The van der Waals surface area contributed by atoms with Gasteiger partial charge in [0.15, 0.2) is 0 Å². The van der Waals surface area contributed by atoms with Gasteiger partial charge in [-0.2, -0.15) is 0 Å². The molecule has 1 fully saturated rings. The molecule has 1 unspecified atom stereocenters. The van der Waals surface area contributed by atoms with Gasteiger partial charge in [0.25, 0.3) is 11.8 Å². The molecule has 0 aromatic heterocycles. The van der Waals surface area contributed by atoms with Crippen LogP contribution in [0.2, 0.25) is 0 Å². The van der Waals surface area contributed by atoms with Crippen molar-refractivity contribution in [2.75, 3.05) is 0 Å². The third-order valence-corrected chi connectivity index (χ3v) is 6.63. The second kappa shape index (κ2) is 10.4. The number of esters is 1. The molecule has 3 aromatic carbocycles. The molecule has 0 spiro atoms. The fourth-order valence-corrected chi connectivity index (χ4v) is 4.69. The number of fused-ring (bicyclic) bond motifs is 1. The molecular formula is C31H28N2O7. The highest BCUT2D eigenvalue weighted by molar-refractivity contribution is 6.24. The van der Waals surface area contributed by atoms with E-state index >= 15 is 0 Å². The minimum absolute atomic E-state index is 0.0526. The highest BCUT2D eigenvalue weighted by Gasteiger charge is 2.46. The minimum atomic E-state index is -1.04. The molecule has 0 aliphatic carbocycles. The van der Waals surface area contributed by atoms with Crippen LogP contribution in [0.15, 0.2) is 66.7 Å². The Balaban J connectivity index is 1.26. The van der Waals surface area contributed by atoms with Crippen molar-refractivity contribution < 1.29 is 33.4 Å². The Labute approximate surface area is 231 Å². The van der Waals surface area contributed by atoms with Gasteiger partial charge in [0.2, 0.25) is 11.8 Å². The summed E-state index contributed by atoms with van der Waals surface area (Å²) in [5.41, 5.74) is 2.90. The van der Waals surface area contributed by atoms with Crippen molar-refractivity contribution >= 4 is 29.6 Å². The molecule has 3 aromatic rings. The van der Waals surface area contributed by atoms with E-state index in [4.69, 9.17) is 9.47 Å². The first-order valence-electron chi connectivity index (χ1n) is 12.9. The summed E-state index contributed by atoms with van der Waals surface area (Å²) in [5, 5.41) is 2.19. The van der Waals surface area contributed by atoms with Crippen LogP contribution < -0.4 is 10.1 Å². The zero-order valence-corrected chi connectivity index (χ0v) is 22.4. The van der Waals surface area contributed by atoms with E-state index in [-0.39, 0.29) is 42.3 Å². The zero-order chi connectivity index (χ0) is 28.6. The SMILES string of the molecule is CC(C)(C)OC(=O)c1ccc(-c2ccc(COc3cccc4c3C(=O)N(C3CCC(=O)NC3=O)C4=O)cc2)cc1. The van der Waals surface area contributed by atoms with Crippen molar-refractivity contribution in [3.8, 4) is 16.9 Å². The summed E-state index contributed by atoms with van der Waals surface area (Å²) >= 11 is 0. The number of imide groups is 2. The monoisotopic (exact) mass is 540 g/mol. The third kappa shape index (κ3) is 5.36. The van der Waals surface area contributed by atoms with Crippen LogP contribution in [0.3, 0.4) is 0 Å². The molecule has 9 nitrogen and oxygen atoms in total. The molecule has 4 amide bonds. The Kier molecular flexibility index (Phi) is 6.97. The molecule has 1 atom stereocenters. The largest absolute Gasteiger partial charge is 0.488 e. The second-order valence-electron chi connectivity index (χ2n) is 10.7. The Morgan fingerprint density at radius 2 is 1.55 bits per heavy atom. The van der Waals surface area contributed by atoms with Crippen molar-refractivity contribution in [2.45, 2.75) is 51.9 Å². The maximum Gasteiger partial charge on any atom is 0.338 e. The first-order chi connectivity index (χ1) is 19.0. The number of amides is 4. The number of piperidine rings is 1. The van der Waals surface area contributed by atoms with Crippen molar-refractivity contribution in [2.24, 2.45) is 0 Å². The van der Waals surface area contributed by atoms with E-state index in [1.807, 2.05) is 57.2 Å². The number of ether oxygens (including phenoxy) is 2. The summed E-state index contributed by atoms with van der Waals surface area (Å²) in [7, 11) is 0. The summed E-state index contributed by atoms with van der Waals surface area (Å²) in [6.07, 6.45) is 0.138. The first kappa shape index (κ1) is 26.8. The lowest BCUT2D eigenvalue weighted by atomic mass is 10.0. The molecule has 2 aliphatic rings. The van der Waals surface area contributed by atoms with Gasteiger partial charge in [0, 0.05) is 6.42 Å². The maximum absolute atomic E-state index is 13.2. The molecule has 2 heterocycles. The molecule has 1 saturated heterocycles. The highest BCUT2D eigenvalue weighted by atomic mass is 16.6. The number of carbonyl (C=O) groups is 5. The van der Waals surface area contributed by atoms with Crippen LogP contribution in [0.25, 0.3) is 11.1 Å². The van der Waals surface area contributed by atoms with Gasteiger partial charge in [-0.3, -0.25) is 29.4 Å². The molecule has 1 N–H and O–H groups in total. The van der Waals surface area contributed by atoms with Crippen molar-refractivity contribution in [1.82, 2.24) is 10.2 Å². The quantitative estimate of drug-likeness (QED) is 0.366. The molecule has 5 rings (SSSR count). The van der Waals surface area contributed by atoms with Gasteiger partial charge in [0.1, 0.15) is 24.0 Å². The van der Waals surface area contributed by atoms with E-state index in [1.54, 1.807) is 24.3 Å². The van der Waals surface area contributed by atoms with E-state index in [0.29, 0.717) is 5.56 Å². The Morgan fingerprint density at radius 3 is 2.17 bits per heavy atom. The number of nitrogens with zero attached hydrogens (tertiary/aromatic N) is 1. The fourth-order valence-electron chi connectivity index (χ4n) is 4.69. The lowest BCUT2D eigenvalue weighted by Crippen LogP contribution is -2.54. The van der Waals surface area contributed by atoms with E-state index in [9.17, 15) is 24.0 Å². The van der Waals surface area contributed by atoms with Gasteiger partial charge < -0.3 is 9.47 Å². The number of carbonyl (C=O) groups excluding carboxylic acids is 5. The summed E-state index contributed by atoms with van der Waals surface area (Å²) in [5.74, 6) is -2.41. The van der Waals surface area contributed by atoms with Crippen LogP contribution in [0, 0.1) is 0 Å². The van der Waals surface area contributed by atoms with Gasteiger partial charge in [-0.05, 0) is 68.1 Å². The Hall–Kier alpha value is -4.79. The number of benzene rings is 3. The predicted molar refractivity (Wildman–Crippen MR) is 144 cm³/mol. The Bertz CT molecular complexity index is 1520. The van der Waals surface area contributed by atoms with Crippen LogP contribution in [0.1, 0.15) is 70.3 Å². The van der Waals surface area contributed by atoms with Gasteiger partial charge in [-0.25, -0.2) is 4.79 Å². The standard InChI is InChI=1S/C31H28N2O7/c1-31(2,3)40-30(38)21-13-11-20(12-14-21)19-9-7-18(8-10-19)17-39-24-6-4-5-22-26(24)29(37)33(28(22)36)23-15-16-25(34)32-27(23)35/h4-14,23H,15-17H2,1-3H3,(H,32,34,35). The van der Waals surface area contributed by atoms with Gasteiger partial charge in [-0.1, -0.05) is 42.5 Å². The average molecular weight is 541 g/mol. The predicted octanol–water partition coefficient (Wildman–Crippen LogP) is 4.29. The van der Waals surface area contributed by atoms with Gasteiger partial charge >= 0.3 is 5.97 Å². The molecule has 0 radical (unpaired) electrons. The summed E-state index contributed by atoms with van der Waals surface area (Å²) in [4.78, 5) is 63.3. The summed E-state index contributed by atoms with van der Waals surface area (Å²) < 4.78 is 11.4. The number of rotatable bonds is 6. The zero-order valence-electron chi connectivity index (χ0n) is 22.4. The minimum Gasteiger partial charge on any atom is -0.488 e. The Morgan fingerprint density at radius 1 is 0.900 bits per heavy atom. The van der Waals surface area contributed by atoms with Crippen LogP contribution in [-0.4, -0.2) is 46.1 Å². The molecule has 2 aliphatic heterocycles. The first-order valence-corrected chi connectivity index (χ1v) is 12.9. The average Bonchev–Trinajstić information content (AvgIpc) is 3.17. The van der Waals surface area contributed by atoms with Crippen molar-refractivity contribution in [3.05, 3.63) is 89.0 Å².